The fourth-order valence-electron chi connectivity index (χ4n) is 2.78. The van der Waals surface area contributed by atoms with Crippen molar-refractivity contribution in [1.29, 1.82) is 0 Å². The number of rotatable bonds is 2. The van der Waals surface area contributed by atoms with E-state index in [1.54, 1.807) is 4.68 Å². The zero-order chi connectivity index (χ0) is 15.0. The van der Waals surface area contributed by atoms with Crippen molar-refractivity contribution in [1.82, 2.24) is 9.78 Å². The molecule has 21 heavy (non-hydrogen) atoms. The first kappa shape index (κ1) is 13.6. The van der Waals surface area contributed by atoms with Gasteiger partial charge in [-0.2, -0.15) is 0 Å². The monoisotopic (exact) mass is 277 g/mol. The van der Waals surface area contributed by atoms with Gasteiger partial charge in [0.2, 0.25) is 0 Å². The molecule has 4 nitrogen and oxygen atoms in total. The molecule has 1 heterocycles. The van der Waals surface area contributed by atoms with E-state index in [1.165, 1.54) is 11.8 Å². The van der Waals surface area contributed by atoms with Crippen LogP contribution >= 0.6 is 0 Å². The van der Waals surface area contributed by atoms with Gasteiger partial charge in [0.05, 0.1) is 0 Å². The summed E-state index contributed by atoms with van der Waals surface area (Å²) in [5.74, 6) is 1.87. The van der Waals surface area contributed by atoms with Crippen LogP contribution in [0.1, 0.15) is 11.1 Å². The van der Waals surface area contributed by atoms with Crippen LogP contribution in [0.5, 0.6) is 0 Å². The third kappa shape index (κ3) is 2.25. The summed E-state index contributed by atoms with van der Waals surface area (Å²) in [6, 6.07) is 5.82. The zero-order valence-electron chi connectivity index (χ0n) is 12.0. The van der Waals surface area contributed by atoms with E-state index in [1.807, 2.05) is 37.9 Å². The molecule has 1 aliphatic carbocycles. The number of nitrogens with two attached hydrogens (primary N) is 1. The SMILES string of the molecule is C=C(C=BC)n1ncc(=O)c2c1-c1cc(N)ccc1CC2. The first-order valence-electron chi connectivity index (χ1n) is 6.93. The molecule has 1 aromatic heterocycles. The Morgan fingerprint density at radius 3 is 3.05 bits per heavy atom. The van der Waals surface area contributed by atoms with Crippen molar-refractivity contribution in [3.05, 3.63) is 52.3 Å². The number of hydrogen-bond acceptors (Lipinski definition) is 3. The van der Waals surface area contributed by atoms with E-state index in [0.717, 1.165) is 35.4 Å². The molecule has 0 aliphatic heterocycles. The predicted molar refractivity (Wildman–Crippen MR) is 88.8 cm³/mol. The fraction of sp³-hybridized carbons (Fsp3) is 0.188. The first-order valence-corrected chi connectivity index (χ1v) is 6.93. The van der Waals surface area contributed by atoms with Crippen molar-refractivity contribution in [3.63, 3.8) is 0 Å². The van der Waals surface area contributed by atoms with Crippen LogP contribution in [-0.4, -0.2) is 22.7 Å². The number of benzene rings is 1. The van der Waals surface area contributed by atoms with E-state index < -0.39 is 0 Å². The van der Waals surface area contributed by atoms with E-state index in [9.17, 15) is 4.79 Å². The van der Waals surface area contributed by atoms with Gasteiger partial charge in [-0.25, -0.2) is 0 Å². The van der Waals surface area contributed by atoms with Gasteiger partial charge in [0.15, 0.2) is 0 Å². The maximum atomic E-state index is 12.1. The quantitative estimate of drug-likeness (QED) is 0.670. The number of hydrogen-bond donors (Lipinski definition) is 1. The van der Waals surface area contributed by atoms with Crippen molar-refractivity contribution >= 4 is 24.3 Å². The van der Waals surface area contributed by atoms with E-state index in [-0.39, 0.29) is 5.43 Å². The molecule has 0 saturated carbocycles. The molecule has 0 fully saturated rings. The summed E-state index contributed by atoms with van der Waals surface area (Å²) in [6.07, 6.45) is 2.93. The summed E-state index contributed by atoms with van der Waals surface area (Å²) in [5, 5.41) is 4.25. The third-order valence-electron chi connectivity index (χ3n) is 3.75. The number of anilines is 1. The molecule has 0 spiro atoms. The van der Waals surface area contributed by atoms with Gasteiger partial charge < -0.3 is 0 Å². The van der Waals surface area contributed by atoms with Gasteiger partial charge in [-0.05, 0) is 0 Å². The Balaban J connectivity index is 2.34. The van der Waals surface area contributed by atoms with Gasteiger partial charge in [0.1, 0.15) is 0 Å². The van der Waals surface area contributed by atoms with E-state index >= 15 is 0 Å². The zero-order valence-corrected chi connectivity index (χ0v) is 12.0. The maximum absolute atomic E-state index is 12.1. The molecule has 2 N–H and O–H groups in total. The summed E-state index contributed by atoms with van der Waals surface area (Å²) in [5.41, 5.74) is 11.1. The molecule has 1 aromatic carbocycles. The molecule has 0 atom stereocenters. The van der Waals surface area contributed by atoms with Gasteiger partial charge in [0.25, 0.3) is 0 Å². The van der Waals surface area contributed by atoms with Crippen molar-refractivity contribution in [3.8, 4) is 11.3 Å². The second kappa shape index (κ2) is 5.16. The van der Waals surface area contributed by atoms with Crippen LogP contribution < -0.4 is 11.2 Å². The molecule has 104 valence electrons. The van der Waals surface area contributed by atoms with Gasteiger partial charge in [-0.1, -0.05) is 0 Å². The van der Waals surface area contributed by atoms with Gasteiger partial charge >= 0.3 is 123 Å². The van der Waals surface area contributed by atoms with Gasteiger partial charge in [-0.15, -0.1) is 0 Å². The topological polar surface area (TPSA) is 60.9 Å². The van der Waals surface area contributed by atoms with E-state index in [4.69, 9.17) is 5.73 Å². The molecule has 2 aromatic rings. The van der Waals surface area contributed by atoms with E-state index in [0.29, 0.717) is 5.69 Å². The molecule has 5 heteroatoms. The Bertz CT molecular complexity index is 821. The number of nitrogens with zero attached hydrogens (tertiary/aromatic N) is 2. The molecule has 0 amide bonds. The molecular formula is C16H16BN3O. The summed E-state index contributed by atoms with van der Waals surface area (Å²) in [4.78, 5) is 12.1. The Kier molecular flexibility index (Phi) is 3.33. The number of allylic oxidation sites excluding steroid dienone is 1. The Hall–Kier alpha value is -2.43. The molecule has 0 saturated heterocycles. The van der Waals surface area contributed by atoms with Crippen LogP contribution in [0.15, 0.2) is 35.8 Å². The summed E-state index contributed by atoms with van der Waals surface area (Å²) >= 11 is 0. The first-order chi connectivity index (χ1) is 10.1. The van der Waals surface area contributed by atoms with Crippen molar-refractivity contribution in [2.45, 2.75) is 19.7 Å². The number of nitrogen functional groups attached to an aromatic ring is 1. The number of aromatic nitrogens is 2. The van der Waals surface area contributed by atoms with Crippen LogP contribution in [-0.2, 0) is 12.8 Å². The third-order valence-corrected chi connectivity index (χ3v) is 3.75. The summed E-state index contributed by atoms with van der Waals surface area (Å²) in [7, 11) is 0. The molecule has 3 rings (SSSR count). The Labute approximate surface area is 123 Å². The van der Waals surface area contributed by atoms with E-state index in [2.05, 4.69) is 11.7 Å². The predicted octanol–water partition coefficient (Wildman–Crippen LogP) is 1.62. The molecule has 1 aliphatic rings. The van der Waals surface area contributed by atoms with Crippen molar-refractivity contribution < 1.29 is 0 Å². The number of aryl methyl sites for hydroxylation is 1. The van der Waals surface area contributed by atoms with Crippen LogP contribution in [0.3, 0.4) is 0 Å². The second-order valence-electron chi connectivity index (χ2n) is 5.16. The fourth-order valence-corrected chi connectivity index (χ4v) is 2.78. The van der Waals surface area contributed by atoms with Crippen molar-refractivity contribution in [2.24, 2.45) is 0 Å². The summed E-state index contributed by atoms with van der Waals surface area (Å²) in [6.45, 7) is 7.85. The second-order valence-corrected chi connectivity index (χ2v) is 5.16. The molecular weight excluding hydrogens is 261 g/mol. The number of fused-ring (bicyclic) bond motifs is 3. The average molecular weight is 277 g/mol. The molecule has 0 unspecified atom stereocenters. The van der Waals surface area contributed by atoms with Crippen molar-refractivity contribution in [2.75, 3.05) is 5.73 Å². The summed E-state index contributed by atoms with van der Waals surface area (Å²) < 4.78 is 1.73. The Morgan fingerprint density at radius 1 is 1.48 bits per heavy atom. The average Bonchev–Trinajstić information content (AvgIpc) is 2.47. The van der Waals surface area contributed by atoms with Gasteiger partial charge in [-0.3, -0.25) is 0 Å². The minimum atomic E-state index is -0.0254. The van der Waals surface area contributed by atoms with Crippen LogP contribution in [0.2, 0.25) is 6.82 Å². The van der Waals surface area contributed by atoms with Crippen LogP contribution in [0.4, 0.5) is 5.69 Å². The molecule has 0 radical (unpaired) electrons. The Morgan fingerprint density at radius 2 is 2.29 bits per heavy atom. The normalized spacial score (nSPS) is 12.6. The minimum absolute atomic E-state index is 0.0254. The standard InChI is InChI=1S/C16H16BN3O/c1-10(8-17-2)20-16-13(15(21)9-19-20)6-4-11-3-5-12(18)7-14(11)16/h3,5,7-9H,1,4,6,18H2,2H3. The van der Waals surface area contributed by atoms with Crippen LogP contribution in [0, 0.1) is 0 Å². The van der Waals surface area contributed by atoms with Crippen LogP contribution in [0.25, 0.3) is 17.0 Å². The molecule has 0 bridgehead atoms. The van der Waals surface area contributed by atoms with Gasteiger partial charge in [0, 0.05) is 0 Å².